The highest BCUT2D eigenvalue weighted by Crippen LogP contribution is 2.26. The summed E-state index contributed by atoms with van der Waals surface area (Å²) in [5, 5.41) is 8.75. The molecule has 0 atom stereocenters. The lowest BCUT2D eigenvalue weighted by Gasteiger charge is -2.11. The molecule has 0 aliphatic heterocycles. The van der Waals surface area contributed by atoms with Gasteiger partial charge in [-0.2, -0.15) is 5.10 Å². The van der Waals surface area contributed by atoms with E-state index in [0.29, 0.717) is 12.1 Å². The van der Waals surface area contributed by atoms with Gasteiger partial charge in [0.1, 0.15) is 5.82 Å². The number of hydrogen-bond donors (Lipinski definition) is 1. The van der Waals surface area contributed by atoms with E-state index in [-0.39, 0.29) is 5.82 Å². The van der Waals surface area contributed by atoms with Gasteiger partial charge in [0.25, 0.3) is 0 Å². The van der Waals surface area contributed by atoms with Crippen molar-refractivity contribution in [3.05, 3.63) is 47.5 Å². The van der Waals surface area contributed by atoms with E-state index in [9.17, 15) is 4.39 Å². The molecule has 2 aromatic heterocycles. The molecule has 0 radical (unpaired) electrons. The first-order valence-electron chi connectivity index (χ1n) is 7.51. The standard InChI is InChI=1S/C17H19FN4O/c1-4-14-13(17(23-3)22(2)21-14)10-20-15-7-8-19-16-9-11(18)5-6-12(15)16/h5-9H,4,10H2,1-3H3,(H,19,20). The summed E-state index contributed by atoms with van der Waals surface area (Å²) in [7, 11) is 3.51. The Morgan fingerprint density at radius 2 is 2.13 bits per heavy atom. The number of rotatable bonds is 5. The summed E-state index contributed by atoms with van der Waals surface area (Å²) in [6.45, 7) is 2.65. The van der Waals surface area contributed by atoms with E-state index in [1.807, 2.05) is 13.1 Å². The monoisotopic (exact) mass is 314 g/mol. The van der Waals surface area contributed by atoms with Gasteiger partial charge in [0, 0.05) is 36.9 Å². The van der Waals surface area contributed by atoms with Gasteiger partial charge in [-0.25, -0.2) is 9.07 Å². The first-order chi connectivity index (χ1) is 11.1. The first-order valence-corrected chi connectivity index (χ1v) is 7.51. The highest BCUT2D eigenvalue weighted by atomic mass is 19.1. The van der Waals surface area contributed by atoms with Crippen LogP contribution in [0.3, 0.4) is 0 Å². The molecule has 5 nitrogen and oxygen atoms in total. The highest BCUT2D eigenvalue weighted by molar-refractivity contribution is 5.90. The molecule has 0 fully saturated rings. The van der Waals surface area contributed by atoms with Crippen molar-refractivity contribution in [2.75, 3.05) is 12.4 Å². The summed E-state index contributed by atoms with van der Waals surface area (Å²) < 4.78 is 20.5. The fourth-order valence-electron chi connectivity index (χ4n) is 2.78. The second-order valence-electron chi connectivity index (χ2n) is 5.29. The van der Waals surface area contributed by atoms with Crippen molar-refractivity contribution < 1.29 is 9.13 Å². The maximum atomic E-state index is 13.3. The van der Waals surface area contributed by atoms with Crippen molar-refractivity contribution >= 4 is 16.6 Å². The fourth-order valence-corrected chi connectivity index (χ4v) is 2.78. The van der Waals surface area contributed by atoms with E-state index in [2.05, 4.69) is 22.3 Å². The van der Waals surface area contributed by atoms with Crippen molar-refractivity contribution in [1.82, 2.24) is 14.8 Å². The Kier molecular flexibility index (Phi) is 4.14. The second-order valence-corrected chi connectivity index (χ2v) is 5.29. The van der Waals surface area contributed by atoms with Crippen LogP contribution in [0.25, 0.3) is 10.9 Å². The van der Waals surface area contributed by atoms with Crippen LogP contribution in [0.5, 0.6) is 5.88 Å². The minimum atomic E-state index is -0.288. The number of aryl methyl sites for hydroxylation is 2. The molecule has 3 aromatic rings. The molecule has 23 heavy (non-hydrogen) atoms. The lowest BCUT2D eigenvalue weighted by atomic mass is 10.1. The SMILES string of the molecule is CCc1nn(C)c(OC)c1CNc1ccnc2cc(F)ccc12. The Morgan fingerprint density at radius 1 is 1.30 bits per heavy atom. The highest BCUT2D eigenvalue weighted by Gasteiger charge is 2.15. The van der Waals surface area contributed by atoms with Crippen LogP contribution in [0.15, 0.2) is 30.5 Å². The van der Waals surface area contributed by atoms with Crippen LogP contribution in [0.1, 0.15) is 18.2 Å². The van der Waals surface area contributed by atoms with Crippen LogP contribution in [0.2, 0.25) is 0 Å². The molecule has 0 saturated carbocycles. The normalized spacial score (nSPS) is 11.0. The number of anilines is 1. The molecule has 0 spiro atoms. The Bertz CT molecular complexity index is 844. The summed E-state index contributed by atoms with van der Waals surface area (Å²) in [6.07, 6.45) is 2.50. The van der Waals surface area contributed by atoms with Crippen LogP contribution in [-0.2, 0) is 20.0 Å². The zero-order valence-corrected chi connectivity index (χ0v) is 13.4. The number of halogens is 1. The van der Waals surface area contributed by atoms with Gasteiger partial charge in [-0.1, -0.05) is 6.92 Å². The average molecular weight is 314 g/mol. The number of nitrogens with one attached hydrogen (secondary N) is 1. The number of benzene rings is 1. The first kappa shape index (κ1) is 15.3. The zero-order valence-electron chi connectivity index (χ0n) is 13.4. The zero-order chi connectivity index (χ0) is 16.4. The van der Waals surface area contributed by atoms with Gasteiger partial charge in [-0.3, -0.25) is 4.98 Å². The average Bonchev–Trinajstić information content (AvgIpc) is 2.87. The van der Waals surface area contributed by atoms with E-state index in [1.54, 1.807) is 24.1 Å². The van der Waals surface area contributed by atoms with Crippen molar-refractivity contribution in [1.29, 1.82) is 0 Å². The molecule has 1 N–H and O–H groups in total. The topological polar surface area (TPSA) is 52.0 Å². The van der Waals surface area contributed by atoms with E-state index < -0.39 is 0 Å². The predicted octanol–water partition coefficient (Wildman–Crippen LogP) is 3.29. The summed E-state index contributed by atoms with van der Waals surface area (Å²) in [4.78, 5) is 4.21. The Labute approximate surface area is 134 Å². The Hall–Kier alpha value is -2.63. The van der Waals surface area contributed by atoms with Gasteiger partial charge in [0.15, 0.2) is 0 Å². The number of aromatic nitrogens is 3. The van der Waals surface area contributed by atoms with Crippen LogP contribution in [0, 0.1) is 5.82 Å². The molecular formula is C17H19FN4O. The van der Waals surface area contributed by atoms with Crippen molar-refractivity contribution in [3.63, 3.8) is 0 Å². The summed E-state index contributed by atoms with van der Waals surface area (Å²) in [5.41, 5.74) is 3.57. The van der Waals surface area contributed by atoms with Crippen LogP contribution >= 0.6 is 0 Å². The number of nitrogens with zero attached hydrogens (tertiary/aromatic N) is 3. The largest absolute Gasteiger partial charge is 0.481 e. The smallest absolute Gasteiger partial charge is 0.216 e. The van der Waals surface area contributed by atoms with E-state index in [0.717, 1.165) is 34.6 Å². The van der Waals surface area contributed by atoms with Gasteiger partial charge in [-0.05, 0) is 24.6 Å². The number of ether oxygens (including phenoxy) is 1. The third kappa shape index (κ3) is 2.84. The quantitative estimate of drug-likeness (QED) is 0.785. The van der Waals surface area contributed by atoms with Gasteiger partial charge in [0.05, 0.1) is 23.9 Å². The summed E-state index contributed by atoms with van der Waals surface area (Å²) >= 11 is 0. The molecule has 3 rings (SSSR count). The van der Waals surface area contributed by atoms with Crippen LogP contribution in [0.4, 0.5) is 10.1 Å². The van der Waals surface area contributed by atoms with Gasteiger partial charge in [-0.15, -0.1) is 0 Å². The molecule has 6 heteroatoms. The van der Waals surface area contributed by atoms with Crippen molar-refractivity contribution in [3.8, 4) is 5.88 Å². The van der Waals surface area contributed by atoms with E-state index >= 15 is 0 Å². The van der Waals surface area contributed by atoms with Gasteiger partial charge >= 0.3 is 0 Å². The maximum absolute atomic E-state index is 13.3. The van der Waals surface area contributed by atoms with E-state index in [1.165, 1.54) is 12.1 Å². The number of methoxy groups -OCH3 is 1. The number of pyridine rings is 1. The Balaban J connectivity index is 1.92. The summed E-state index contributed by atoms with van der Waals surface area (Å²) in [5.74, 6) is 0.461. The lowest BCUT2D eigenvalue weighted by molar-refractivity contribution is 0.370. The molecule has 0 unspecified atom stereocenters. The minimum absolute atomic E-state index is 0.288. The van der Waals surface area contributed by atoms with Gasteiger partial charge < -0.3 is 10.1 Å². The predicted molar refractivity (Wildman–Crippen MR) is 88.2 cm³/mol. The second kappa shape index (κ2) is 6.24. The van der Waals surface area contributed by atoms with Crippen molar-refractivity contribution in [2.45, 2.75) is 19.9 Å². The maximum Gasteiger partial charge on any atom is 0.216 e. The molecule has 0 saturated heterocycles. The lowest BCUT2D eigenvalue weighted by Crippen LogP contribution is -2.04. The molecule has 1 aromatic carbocycles. The van der Waals surface area contributed by atoms with Crippen LogP contribution < -0.4 is 10.1 Å². The molecular weight excluding hydrogens is 295 g/mol. The third-order valence-corrected chi connectivity index (χ3v) is 3.86. The van der Waals surface area contributed by atoms with Crippen molar-refractivity contribution in [2.24, 2.45) is 7.05 Å². The van der Waals surface area contributed by atoms with E-state index in [4.69, 9.17) is 4.74 Å². The molecule has 0 aliphatic carbocycles. The Morgan fingerprint density at radius 3 is 2.87 bits per heavy atom. The van der Waals surface area contributed by atoms with Gasteiger partial charge in [0.2, 0.25) is 5.88 Å². The number of hydrogen-bond acceptors (Lipinski definition) is 4. The molecule has 120 valence electrons. The fraction of sp³-hybridized carbons (Fsp3) is 0.294. The molecule has 0 aliphatic rings. The minimum Gasteiger partial charge on any atom is -0.481 e. The third-order valence-electron chi connectivity index (χ3n) is 3.86. The van der Waals surface area contributed by atoms with Crippen LogP contribution in [-0.4, -0.2) is 21.9 Å². The molecule has 2 heterocycles. The molecule has 0 amide bonds. The molecule has 0 bridgehead atoms. The number of fused-ring (bicyclic) bond motifs is 1. The summed E-state index contributed by atoms with van der Waals surface area (Å²) in [6, 6.07) is 6.50.